The summed E-state index contributed by atoms with van der Waals surface area (Å²) < 4.78 is 0.831. The lowest BCUT2D eigenvalue weighted by molar-refractivity contribution is 1.35. The number of benzene rings is 4. The average molecular weight is 520 g/mol. The van der Waals surface area contributed by atoms with E-state index in [1.165, 1.54) is 15.9 Å². The van der Waals surface area contributed by atoms with Crippen LogP contribution < -0.4 is 15.9 Å². The largest absolute Gasteiger partial charge is 0.241 e. The zero-order chi connectivity index (χ0) is 22.4. The first-order valence-corrected chi connectivity index (χ1v) is 13.7. The second-order valence-corrected chi connectivity index (χ2v) is 12.3. The topological polar surface area (TPSA) is 12.9 Å². The van der Waals surface area contributed by atoms with Crippen molar-refractivity contribution in [3.8, 4) is 0 Å². The number of hydrogen-bond acceptors (Lipinski definition) is 1. The van der Waals surface area contributed by atoms with Crippen LogP contribution in [0, 0.1) is 0 Å². The fourth-order valence-electron chi connectivity index (χ4n) is 3.69. The Bertz CT molecular complexity index is 1160. The molecule has 0 radical (unpaired) electrons. The minimum absolute atomic E-state index is 0.716. The van der Waals surface area contributed by atoms with Gasteiger partial charge in [0.15, 0.2) is 0 Å². The summed E-state index contributed by atoms with van der Waals surface area (Å²) in [5.74, 6) is 0. The molecule has 0 saturated carbocycles. The molecule has 0 fully saturated rings. The first-order valence-electron chi connectivity index (χ1n) is 10.3. The molecule has 0 aliphatic heterocycles. The number of hydrogen-bond donors (Lipinski definition) is 0. The molecular weight excluding hydrogens is 497 g/mol. The maximum Gasteiger partial charge on any atom is 0.109 e. The highest BCUT2D eigenvalue weighted by Crippen LogP contribution is 2.51. The summed E-state index contributed by atoms with van der Waals surface area (Å²) in [5, 5.41) is 6.10. The molecule has 0 aliphatic rings. The van der Waals surface area contributed by atoms with Crippen molar-refractivity contribution in [2.75, 3.05) is 6.66 Å². The molecule has 4 aromatic carbocycles. The summed E-state index contributed by atoms with van der Waals surface area (Å²) in [6.07, 6.45) is 0. The maximum atomic E-state index is 5.82. The molecule has 5 aromatic rings. The Balaban J connectivity index is 0.000000174. The predicted molar refractivity (Wildman–Crippen MR) is 146 cm³/mol. The Morgan fingerprint density at radius 1 is 0.625 bits per heavy atom. The van der Waals surface area contributed by atoms with Crippen molar-refractivity contribution in [1.29, 1.82) is 0 Å². The van der Waals surface area contributed by atoms with Crippen molar-refractivity contribution in [3.05, 3.63) is 131 Å². The number of rotatable bonds is 3. The summed E-state index contributed by atoms with van der Waals surface area (Å²) in [4.78, 5) is 4.27. The van der Waals surface area contributed by atoms with Gasteiger partial charge in [0.2, 0.25) is 0 Å². The fraction of sp³-hybridized carbons (Fsp3) is 0.0357. The van der Waals surface area contributed by atoms with E-state index < -0.39 is 7.26 Å². The van der Waals surface area contributed by atoms with E-state index >= 15 is 0 Å². The van der Waals surface area contributed by atoms with E-state index in [2.05, 4.69) is 119 Å². The normalized spacial score (nSPS) is 11.0. The molecule has 32 heavy (non-hydrogen) atoms. The third-order valence-corrected chi connectivity index (χ3v) is 10.1. The monoisotopic (exact) mass is 518 g/mol. The van der Waals surface area contributed by atoms with Crippen LogP contribution in [0.25, 0.3) is 10.9 Å². The van der Waals surface area contributed by atoms with E-state index in [1.807, 2.05) is 30.3 Å². The van der Waals surface area contributed by atoms with Crippen LogP contribution in [-0.4, -0.2) is 11.6 Å². The van der Waals surface area contributed by atoms with Crippen LogP contribution in [0.4, 0.5) is 0 Å². The predicted octanol–water partition coefficient (Wildman–Crippen LogP) is 7.26. The van der Waals surface area contributed by atoms with E-state index in [4.69, 9.17) is 11.6 Å². The highest BCUT2D eigenvalue weighted by molar-refractivity contribution is 9.10. The van der Waals surface area contributed by atoms with E-state index in [1.54, 1.807) is 0 Å². The Labute approximate surface area is 203 Å². The molecule has 158 valence electrons. The first kappa shape index (κ1) is 22.7. The zero-order valence-corrected chi connectivity index (χ0v) is 20.9. The van der Waals surface area contributed by atoms with Gasteiger partial charge < -0.3 is 0 Å². The minimum Gasteiger partial charge on any atom is -0.241 e. The molecule has 0 unspecified atom stereocenters. The standard InChI is InChI=1S/C19H18P.C9H5BrClN/c1-20(17-11-5-2-6-12-17,18-13-7-3-8-14-18)19-15-9-4-10-16-19;10-9-4-2-6-1-3-7(11)5-8(6)12-9/h2-16H,1H3;1-5H/q+1;. The van der Waals surface area contributed by atoms with Gasteiger partial charge in [0.25, 0.3) is 0 Å². The maximum absolute atomic E-state index is 5.82. The lowest BCUT2D eigenvalue weighted by atomic mass is 10.2. The molecule has 1 nitrogen and oxygen atoms in total. The molecule has 5 rings (SSSR count). The summed E-state index contributed by atoms with van der Waals surface area (Å²) >= 11 is 9.12. The van der Waals surface area contributed by atoms with Crippen LogP contribution in [0.3, 0.4) is 0 Å². The smallest absolute Gasteiger partial charge is 0.109 e. The van der Waals surface area contributed by atoms with Crippen molar-refractivity contribution in [1.82, 2.24) is 4.98 Å². The number of fused-ring (bicyclic) bond motifs is 1. The van der Waals surface area contributed by atoms with Crippen LogP contribution in [0.15, 0.2) is 126 Å². The van der Waals surface area contributed by atoms with E-state index in [9.17, 15) is 0 Å². The third kappa shape index (κ3) is 5.10. The summed E-state index contributed by atoms with van der Waals surface area (Å²) in [6, 6.07) is 42.2. The minimum atomic E-state index is -1.53. The van der Waals surface area contributed by atoms with Gasteiger partial charge in [0, 0.05) is 10.4 Å². The number of aromatic nitrogens is 1. The first-order chi connectivity index (χ1) is 15.6. The van der Waals surface area contributed by atoms with Gasteiger partial charge in [-0.25, -0.2) is 4.98 Å². The van der Waals surface area contributed by atoms with E-state index in [0.717, 1.165) is 15.5 Å². The molecule has 0 N–H and O–H groups in total. The van der Waals surface area contributed by atoms with Crippen molar-refractivity contribution in [3.63, 3.8) is 0 Å². The van der Waals surface area contributed by atoms with Crippen LogP contribution in [0.5, 0.6) is 0 Å². The van der Waals surface area contributed by atoms with Gasteiger partial charge >= 0.3 is 0 Å². The fourth-order valence-corrected chi connectivity index (χ4v) is 7.38. The highest BCUT2D eigenvalue weighted by Gasteiger charge is 2.39. The van der Waals surface area contributed by atoms with E-state index in [-0.39, 0.29) is 0 Å². The van der Waals surface area contributed by atoms with Crippen LogP contribution in [0.2, 0.25) is 5.02 Å². The molecule has 0 spiro atoms. The summed E-state index contributed by atoms with van der Waals surface area (Å²) in [6.45, 7) is 2.41. The average Bonchev–Trinajstić information content (AvgIpc) is 2.85. The lowest BCUT2D eigenvalue weighted by Crippen LogP contribution is -2.30. The second-order valence-electron chi connectivity index (χ2n) is 7.48. The molecule has 0 atom stereocenters. The second kappa shape index (κ2) is 10.4. The van der Waals surface area contributed by atoms with Crippen LogP contribution in [0.1, 0.15) is 0 Å². The Morgan fingerprint density at radius 2 is 1.06 bits per heavy atom. The summed E-state index contributed by atoms with van der Waals surface area (Å²) in [7, 11) is -1.53. The van der Waals surface area contributed by atoms with Gasteiger partial charge in [-0.2, -0.15) is 0 Å². The molecule has 0 bridgehead atoms. The van der Waals surface area contributed by atoms with Crippen molar-refractivity contribution >= 4 is 61.6 Å². The highest BCUT2D eigenvalue weighted by atomic mass is 79.9. The van der Waals surface area contributed by atoms with Gasteiger partial charge in [0.05, 0.1) is 12.2 Å². The number of halogens is 2. The summed E-state index contributed by atoms with van der Waals surface area (Å²) in [5.41, 5.74) is 0.914. The molecule has 0 aliphatic carbocycles. The molecule has 1 heterocycles. The lowest BCUT2D eigenvalue weighted by Gasteiger charge is -2.22. The van der Waals surface area contributed by atoms with Crippen molar-refractivity contribution in [2.45, 2.75) is 0 Å². The Hall–Kier alpha value is -2.51. The Kier molecular flexibility index (Phi) is 7.37. The Morgan fingerprint density at radius 3 is 1.53 bits per heavy atom. The quantitative estimate of drug-likeness (QED) is 0.181. The molecule has 1 aromatic heterocycles. The number of nitrogens with zero attached hydrogens (tertiary/aromatic N) is 1. The van der Waals surface area contributed by atoms with Gasteiger partial charge in [-0.1, -0.05) is 78.3 Å². The van der Waals surface area contributed by atoms with Gasteiger partial charge in [-0.15, -0.1) is 0 Å². The molecule has 4 heteroatoms. The van der Waals surface area contributed by atoms with Gasteiger partial charge in [-0.05, 0) is 70.5 Å². The van der Waals surface area contributed by atoms with Crippen molar-refractivity contribution < 1.29 is 0 Å². The van der Waals surface area contributed by atoms with E-state index in [0.29, 0.717) is 5.02 Å². The molecule has 0 amide bonds. The SMILES string of the molecule is C[P+](c1ccccc1)(c1ccccc1)c1ccccc1.Clc1ccc2ccc(Br)nc2c1. The third-order valence-electron chi connectivity index (χ3n) is 5.44. The van der Waals surface area contributed by atoms with Crippen LogP contribution in [-0.2, 0) is 0 Å². The zero-order valence-electron chi connectivity index (χ0n) is 17.7. The molecular formula is C28H23BrClNP+. The van der Waals surface area contributed by atoms with Gasteiger partial charge in [0.1, 0.15) is 27.8 Å². The van der Waals surface area contributed by atoms with Gasteiger partial charge in [-0.3, -0.25) is 0 Å². The molecule has 0 saturated heterocycles. The van der Waals surface area contributed by atoms with Crippen LogP contribution >= 0.6 is 34.8 Å². The van der Waals surface area contributed by atoms with Crippen molar-refractivity contribution in [2.24, 2.45) is 0 Å². The number of pyridine rings is 1.